The number of para-hydroxylation sites is 1. The summed E-state index contributed by atoms with van der Waals surface area (Å²) in [5.41, 5.74) is 3.72. The molecule has 5 nitrogen and oxygen atoms in total. The lowest BCUT2D eigenvalue weighted by Gasteiger charge is -2.05. The number of phenols is 1. The van der Waals surface area contributed by atoms with Crippen LogP contribution in [0.2, 0.25) is 0 Å². The third-order valence-corrected chi connectivity index (χ3v) is 4.23. The number of methoxy groups -OCH3 is 1. The molecule has 0 aliphatic carbocycles. The third kappa shape index (κ3) is 2.16. The van der Waals surface area contributed by atoms with E-state index < -0.39 is 0 Å². The van der Waals surface area contributed by atoms with Crippen molar-refractivity contribution in [3.8, 4) is 34.3 Å². The summed E-state index contributed by atoms with van der Waals surface area (Å²) in [4.78, 5) is 9.10. The van der Waals surface area contributed by atoms with E-state index in [0.717, 1.165) is 42.0 Å². The van der Waals surface area contributed by atoms with Gasteiger partial charge in [-0.3, -0.25) is 0 Å². The van der Waals surface area contributed by atoms with E-state index in [2.05, 4.69) is 9.55 Å². The van der Waals surface area contributed by atoms with E-state index in [9.17, 15) is 5.11 Å². The Balaban J connectivity index is 1.94. The fourth-order valence-electron chi connectivity index (χ4n) is 3.20. The van der Waals surface area contributed by atoms with E-state index in [4.69, 9.17) is 9.72 Å². The first-order valence-electron chi connectivity index (χ1n) is 7.66. The monoisotopic (exact) mass is 307 g/mol. The zero-order valence-electron chi connectivity index (χ0n) is 12.9. The predicted molar refractivity (Wildman–Crippen MR) is 87.4 cm³/mol. The molecule has 5 heteroatoms. The largest absolute Gasteiger partial charge is 0.507 e. The van der Waals surface area contributed by atoms with Crippen LogP contribution in [0.4, 0.5) is 0 Å². The SMILES string of the molecule is COc1ncccc1-c1nc(-c2ccccc2O)n2c1CCC2. The van der Waals surface area contributed by atoms with E-state index in [1.54, 1.807) is 19.4 Å². The van der Waals surface area contributed by atoms with Gasteiger partial charge in [-0.1, -0.05) is 12.1 Å². The maximum atomic E-state index is 10.2. The van der Waals surface area contributed by atoms with Crippen molar-refractivity contribution in [2.24, 2.45) is 0 Å². The van der Waals surface area contributed by atoms with Crippen LogP contribution in [0.1, 0.15) is 12.1 Å². The Kier molecular flexibility index (Phi) is 3.26. The van der Waals surface area contributed by atoms with Gasteiger partial charge in [0.05, 0.1) is 23.9 Å². The predicted octanol–water partition coefficient (Wildman–Crippen LogP) is 3.27. The van der Waals surface area contributed by atoms with Crippen LogP contribution in [-0.2, 0) is 13.0 Å². The number of hydrogen-bond donors (Lipinski definition) is 1. The lowest BCUT2D eigenvalue weighted by molar-refractivity contribution is 0.399. The van der Waals surface area contributed by atoms with Gasteiger partial charge in [0.15, 0.2) is 0 Å². The van der Waals surface area contributed by atoms with Crippen LogP contribution in [0, 0.1) is 0 Å². The molecule has 0 atom stereocenters. The summed E-state index contributed by atoms with van der Waals surface area (Å²) in [6.45, 7) is 0.911. The number of phenolic OH excluding ortho intramolecular Hbond substituents is 1. The van der Waals surface area contributed by atoms with Gasteiger partial charge in [0.2, 0.25) is 5.88 Å². The average molecular weight is 307 g/mol. The number of rotatable bonds is 3. The first-order valence-corrected chi connectivity index (χ1v) is 7.66. The van der Waals surface area contributed by atoms with Gasteiger partial charge in [0.25, 0.3) is 0 Å². The summed E-state index contributed by atoms with van der Waals surface area (Å²) in [6.07, 6.45) is 3.75. The highest BCUT2D eigenvalue weighted by atomic mass is 16.5. The van der Waals surface area contributed by atoms with Crippen LogP contribution in [-0.4, -0.2) is 26.8 Å². The minimum atomic E-state index is 0.247. The smallest absolute Gasteiger partial charge is 0.222 e. The molecule has 1 N–H and O–H groups in total. The molecule has 2 aromatic heterocycles. The van der Waals surface area contributed by atoms with Crippen LogP contribution >= 0.6 is 0 Å². The summed E-state index contributed by atoms with van der Waals surface area (Å²) >= 11 is 0. The molecule has 0 bridgehead atoms. The Bertz CT molecular complexity index is 870. The number of fused-ring (bicyclic) bond motifs is 1. The van der Waals surface area contributed by atoms with Gasteiger partial charge in [-0.05, 0) is 37.1 Å². The number of benzene rings is 1. The minimum absolute atomic E-state index is 0.247. The Morgan fingerprint density at radius 2 is 1.96 bits per heavy atom. The molecular weight excluding hydrogens is 290 g/mol. The number of pyridine rings is 1. The van der Waals surface area contributed by atoms with E-state index >= 15 is 0 Å². The summed E-state index contributed by atoms with van der Waals surface area (Å²) in [5.74, 6) is 1.62. The normalized spacial score (nSPS) is 13.1. The Morgan fingerprint density at radius 3 is 2.78 bits per heavy atom. The molecular formula is C18H17N3O2. The topological polar surface area (TPSA) is 60.2 Å². The minimum Gasteiger partial charge on any atom is -0.507 e. The number of nitrogens with zero attached hydrogens (tertiary/aromatic N) is 3. The number of imidazole rings is 1. The van der Waals surface area contributed by atoms with E-state index in [1.807, 2.05) is 30.3 Å². The van der Waals surface area contributed by atoms with Gasteiger partial charge in [-0.25, -0.2) is 9.97 Å². The molecule has 3 heterocycles. The van der Waals surface area contributed by atoms with Gasteiger partial charge >= 0.3 is 0 Å². The van der Waals surface area contributed by atoms with E-state index in [1.165, 1.54) is 5.69 Å². The molecule has 0 unspecified atom stereocenters. The fraction of sp³-hybridized carbons (Fsp3) is 0.222. The molecule has 0 saturated carbocycles. The van der Waals surface area contributed by atoms with Crippen molar-refractivity contribution >= 4 is 0 Å². The van der Waals surface area contributed by atoms with Crippen molar-refractivity contribution in [2.75, 3.05) is 7.11 Å². The van der Waals surface area contributed by atoms with Crippen molar-refractivity contribution < 1.29 is 9.84 Å². The highest BCUT2D eigenvalue weighted by Gasteiger charge is 2.26. The summed E-state index contributed by atoms with van der Waals surface area (Å²) < 4.78 is 7.58. The zero-order valence-corrected chi connectivity index (χ0v) is 12.9. The number of aromatic hydroxyl groups is 1. The maximum Gasteiger partial charge on any atom is 0.222 e. The number of hydrogen-bond acceptors (Lipinski definition) is 4. The zero-order chi connectivity index (χ0) is 15.8. The number of aromatic nitrogens is 3. The van der Waals surface area contributed by atoms with E-state index in [-0.39, 0.29) is 5.75 Å². The second-order valence-corrected chi connectivity index (χ2v) is 5.56. The molecule has 0 amide bonds. The Hall–Kier alpha value is -2.82. The summed E-state index contributed by atoms with van der Waals surface area (Å²) in [5, 5.41) is 10.2. The van der Waals surface area contributed by atoms with Gasteiger partial charge in [-0.2, -0.15) is 0 Å². The Labute approximate surface area is 134 Å². The van der Waals surface area contributed by atoms with Crippen LogP contribution in [0.15, 0.2) is 42.6 Å². The maximum absolute atomic E-state index is 10.2. The summed E-state index contributed by atoms with van der Waals surface area (Å²) in [6, 6.07) is 11.2. The first kappa shape index (κ1) is 13.8. The quantitative estimate of drug-likeness (QED) is 0.806. The molecule has 1 aliphatic heterocycles. The molecule has 23 heavy (non-hydrogen) atoms. The van der Waals surface area contributed by atoms with Gasteiger partial charge in [-0.15, -0.1) is 0 Å². The molecule has 1 aromatic carbocycles. The second-order valence-electron chi connectivity index (χ2n) is 5.56. The molecule has 1 aliphatic rings. The fourth-order valence-corrected chi connectivity index (χ4v) is 3.20. The standard InChI is InChI=1S/C18H17N3O2/c1-23-18-13(7-4-10-19-18)16-14-8-5-11-21(14)17(20-16)12-6-2-3-9-15(12)22/h2-4,6-7,9-10,22H,5,8,11H2,1H3. The van der Waals surface area contributed by atoms with Crippen LogP contribution in [0.5, 0.6) is 11.6 Å². The molecule has 4 rings (SSSR count). The van der Waals surface area contributed by atoms with E-state index in [0.29, 0.717) is 5.88 Å². The molecule has 0 fully saturated rings. The van der Waals surface area contributed by atoms with Crippen molar-refractivity contribution in [3.05, 3.63) is 48.3 Å². The lowest BCUT2D eigenvalue weighted by atomic mass is 10.1. The first-order chi connectivity index (χ1) is 11.3. The van der Waals surface area contributed by atoms with Crippen molar-refractivity contribution in [1.29, 1.82) is 0 Å². The molecule has 0 radical (unpaired) electrons. The second kappa shape index (κ2) is 5.43. The molecule has 116 valence electrons. The van der Waals surface area contributed by atoms with Gasteiger partial charge in [0, 0.05) is 18.4 Å². The van der Waals surface area contributed by atoms with Crippen molar-refractivity contribution in [3.63, 3.8) is 0 Å². The van der Waals surface area contributed by atoms with Crippen LogP contribution in [0.3, 0.4) is 0 Å². The van der Waals surface area contributed by atoms with Gasteiger partial charge in [0.1, 0.15) is 11.6 Å². The molecule has 3 aromatic rings. The average Bonchev–Trinajstić information content (AvgIpc) is 3.18. The van der Waals surface area contributed by atoms with Gasteiger partial charge < -0.3 is 14.4 Å². The highest BCUT2D eigenvalue weighted by molar-refractivity contribution is 5.74. The van der Waals surface area contributed by atoms with Crippen LogP contribution < -0.4 is 4.74 Å². The number of ether oxygens (including phenoxy) is 1. The van der Waals surface area contributed by atoms with Crippen molar-refractivity contribution in [1.82, 2.24) is 14.5 Å². The molecule has 0 spiro atoms. The summed E-state index contributed by atoms with van der Waals surface area (Å²) in [7, 11) is 1.62. The highest BCUT2D eigenvalue weighted by Crippen LogP contribution is 2.38. The Morgan fingerprint density at radius 1 is 1.13 bits per heavy atom. The van der Waals surface area contributed by atoms with Crippen molar-refractivity contribution in [2.45, 2.75) is 19.4 Å². The third-order valence-electron chi connectivity index (χ3n) is 4.23. The molecule has 0 saturated heterocycles. The lowest BCUT2D eigenvalue weighted by Crippen LogP contribution is -1.96. The van der Waals surface area contributed by atoms with Crippen LogP contribution in [0.25, 0.3) is 22.6 Å².